The Morgan fingerprint density at radius 2 is 1.86 bits per heavy atom. The van der Waals surface area contributed by atoms with Crippen molar-refractivity contribution in [3.05, 3.63) is 25.3 Å². The molecule has 0 saturated carbocycles. The smallest absolute Gasteiger partial charge is 0.275 e. The normalized spacial score (nSPS) is 19.4. The molecule has 1 aliphatic rings. The Labute approximate surface area is 91.0 Å². The van der Waals surface area contributed by atoms with Gasteiger partial charge in [-0.25, -0.2) is 8.72 Å². The minimum absolute atomic E-state index is 0.320. The molecule has 0 atom stereocenters. The molecule has 5 heteroatoms. The Bertz CT molecular complexity index is 291. The van der Waals surface area contributed by atoms with Crippen molar-refractivity contribution >= 4 is 28.1 Å². The zero-order chi connectivity index (χ0) is 10.8. The van der Waals surface area contributed by atoms with Gasteiger partial charge in [0, 0.05) is 0 Å². The second-order valence-corrected chi connectivity index (χ2v) is 3.77. The van der Waals surface area contributed by atoms with Crippen molar-refractivity contribution in [2.45, 2.75) is 18.4 Å². The number of urea groups is 1. The number of nitrogens with zero attached hydrogens (tertiary/aromatic N) is 1. The third kappa shape index (κ3) is 1.48. The second-order valence-electron chi connectivity index (χ2n) is 3.06. The van der Waals surface area contributed by atoms with Gasteiger partial charge in [0.05, 0.1) is 16.1 Å². The Kier molecular flexibility index (Phi) is 3.10. The number of carbonyl (C=O) groups excluding carboxylic acids is 2. The highest BCUT2D eigenvalue weighted by Gasteiger charge is 2.50. The van der Waals surface area contributed by atoms with Gasteiger partial charge in [-0.05, 0) is 12.8 Å². The molecule has 0 unspecified atom stereocenters. The van der Waals surface area contributed by atoms with Crippen LogP contribution in [0.2, 0.25) is 0 Å². The van der Waals surface area contributed by atoms with E-state index in [9.17, 15) is 9.59 Å². The van der Waals surface area contributed by atoms with Crippen LogP contribution in [0.4, 0.5) is 4.79 Å². The molecule has 1 aliphatic heterocycles. The SMILES string of the molecule is C=CCC1(CC=C)C(=O)NC(=O)N1Br. The van der Waals surface area contributed by atoms with Gasteiger partial charge in [-0.1, -0.05) is 12.2 Å². The maximum absolute atomic E-state index is 11.6. The number of imide groups is 1. The van der Waals surface area contributed by atoms with Gasteiger partial charge in [0.1, 0.15) is 5.54 Å². The van der Waals surface area contributed by atoms with Gasteiger partial charge in [0.25, 0.3) is 5.91 Å². The first-order chi connectivity index (χ1) is 6.58. The number of amides is 3. The van der Waals surface area contributed by atoms with Crippen molar-refractivity contribution in [3.63, 3.8) is 0 Å². The van der Waals surface area contributed by atoms with E-state index in [0.29, 0.717) is 12.8 Å². The molecule has 4 nitrogen and oxygen atoms in total. The lowest BCUT2D eigenvalue weighted by Crippen LogP contribution is -2.44. The van der Waals surface area contributed by atoms with Crippen LogP contribution in [0.3, 0.4) is 0 Å². The first kappa shape index (κ1) is 11.0. The van der Waals surface area contributed by atoms with Gasteiger partial charge in [-0.3, -0.25) is 10.1 Å². The van der Waals surface area contributed by atoms with Crippen molar-refractivity contribution in [2.75, 3.05) is 0 Å². The summed E-state index contributed by atoms with van der Waals surface area (Å²) in [7, 11) is 0. The topological polar surface area (TPSA) is 49.4 Å². The maximum Gasteiger partial charge on any atom is 0.335 e. The van der Waals surface area contributed by atoms with Gasteiger partial charge >= 0.3 is 6.03 Å². The van der Waals surface area contributed by atoms with Gasteiger partial charge in [-0.2, -0.15) is 0 Å². The highest BCUT2D eigenvalue weighted by molar-refractivity contribution is 9.07. The zero-order valence-electron chi connectivity index (χ0n) is 7.62. The van der Waals surface area contributed by atoms with Gasteiger partial charge in [0.15, 0.2) is 0 Å². The Balaban J connectivity index is 3.05. The number of halogens is 1. The fourth-order valence-electron chi connectivity index (χ4n) is 1.45. The fourth-order valence-corrected chi connectivity index (χ4v) is 1.99. The molecule has 0 aromatic heterocycles. The van der Waals surface area contributed by atoms with Crippen LogP contribution in [0.1, 0.15) is 12.8 Å². The highest BCUT2D eigenvalue weighted by atomic mass is 79.9. The summed E-state index contributed by atoms with van der Waals surface area (Å²) in [5, 5.41) is 2.23. The van der Waals surface area contributed by atoms with E-state index < -0.39 is 11.6 Å². The highest BCUT2D eigenvalue weighted by Crippen LogP contribution is 2.32. The molecular formula is C9H11BrN2O2. The molecule has 0 aromatic rings. The number of hydrogen-bond acceptors (Lipinski definition) is 2. The Morgan fingerprint density at radius 3 is 2.14 bits per heavy atom. The lowest BCUT2D eigenvalue weighted by Gasteiger charge is -2.28. The first-order valence-electron chi connectivity index (χ1n) is 4.11. The predicted octanol–water partition coefficient (Wildman–Crippen LogP) is 1.74. The quantitative estimate of drug-likeness (QED) is 0.475. The summed E-state index contributed by atoms with van der Waals surface area (Å²) >= 11 is 3.07. The van der Waals surface area contributed by atoms with Crippen molar-refractivity contribution < 1.29 is 9.59 Å². The molecule has 0 spiro atoms. The Hall–Kier alpha value is -1.10. The summed E-state index contributed by atoms with van der Waals surface area (Å²) in [6.45, 7) is 7.14. The second kappa shape index (κ2) is 3.96. The van der Waals surface area contributed by atoms with Crippen LogP contribution in [-0.2, 0) is 4.79 Å². The molecule has 1 N–H and O–H groups in total. The van der Waals surface area contributed by atoms with Gasteiger partial charge < -0.3 is 0 Å². The van der Waals surface area contributed by atoms with Crippen molar-refractivity contribution in [1.82, 2.24) is 9.24 Å². The van der Waals surface area contributed by atoms with Crippen LogP contribution < -0.4 is 5.32 Å². The summed E-state index contributed by atoms with van der Waals surface area (Å²) < 4.78 is 1.23. The number of nitrogens with one attached hydrogen (secondary N) is 1. The van der Waals surface area contributed by atoms with Crippen LogP contribution in [0.5, 0.6) is 0 Å². The van der Waals surface area contributed by atoms with Crippen LogP contribution in [0.25, 0.3) is 0 Å². The van der Waals surface area contributed by atoms with Gasteiger partial charge in [0.2, 0.25) is 0 Å². The first-order valence-corrected chi connectivity index (χ1v) is 4.82. The molecule has 76 valence electrons. The van der Waals surface area contributed by atoms with E-state index in [2.05, 4.69) is 34.6 Å². The molecule has 3 amide bonds. The van der Waals surface area contributed by atoms with E-state index in [1.54, 1.807) is 12.2 Å². The molecule has 0 bridgehead atoms. The molecule has 0 aromatic carbocycles. The summed E-state index contributed by atoms with van der Waals surface area (Å²) in [4.78, 5) is 22.8. The van der Waals surface area contributed by atoms with E-state index in [4.69, 9.17) is 0 Å². The van der Waals surface area contributed by atoms with Crippen molar-refractivity contribution in [3.8, 4) is 0 Å². The molecule has 1 heterocycles. The minimum atomic E-state index is -0.902. The molecule has 1 rings (SSSR count). The van der Waals surface area contributed by atoms with E-state index in [0.717, 1.165) is 0 Å². The van der Waals surface area contributed by atoms with Crippen molar-refractivity contribution in [1.29, 1.82) is 0 Å². The molecular weight excluding hydrogens is 248 g/mol. The summed E-state index contributed by atoms with van der Waals surface area (Å²) in [5.41, 5.74) is -0.902. The number of carbonyl (C=O) groups is 2. The monoisotopic (exact) mass is 258 g/mol. The van der Waals surface area contributed by atoms with E-state index in [1.807, 2.05) is 0 Å². The standard InChI is InChI=1S/C9H11BrN2O2/c1-3-5-9(6-4-2)7(13)11-8(14)12(9)10/h3-4H,1-2,5-6H2,(H,11,13,14). The molecule has 0 aliphatic carbocycles. The van der Waals surface area contributed by atoms with Crippen LogP contribution >= 0.6 is 16.1 Å². The van der Waals surface area contributed by atoms with E-state index in [-0.39, 0.29) is 5.91 Å². The minimum Gasteiger partial charge on any atom is -0.275 e. The Morgan fingerprint density at radius 1 is 1.36 bits per heavy atom. The molecule has 0 radical (unpaired) electrons. The molecule has 14 heavy (non-hydrogen) atoms. The third-order valence-electron chi connectivity index (χ3n) is 2.16. The van der Waals surface area contributed by atoms with Gasteiger partial charge in [-0.15, -0.1) is 13.2 Å². The van der Waals surface area contributed by atoms with Crippen LogP contribution in [-0.4, -0.2) is 21.4 Å². The van der Waals surface area contributed by atoms with Crippen LogP contribution in [0, 0.1) is 0 Å². The fraction of sp³-hybridized carbons (Fsp3) is 0.333. The number of rotatable bonds is 4. The predicted molar refractivity (Wildman–Crippen MR) is 56.7 cm³/mol. The number of hydrogen-bond donors (Lipinski definition) is 1. The lowest BCUT2D eigenvalue weighted by atomic mass is 9.91. The third-order valence-corrected chi connectivity index (χ3v) is 3.16. The molecule has 1 saturated heterocycles. The molecule has 1 fully saturated rings. The summed E-state index contributed by atoms with van der Waals surface area (Å²) in [6.07, 6.45) is 4.00. The maximum atomic E-state index is 11.6. The zero-order valence-corrected chi connectivity index (χ0v) is 9.21. The average molecular weight is 259 g/mol. The van der Waals surface area contributed by atoms with E-state index in [1.165, 1.54) is 3.93 Å². The largest absolute Gasteiger partial charge is 0.335 e. The van der Waals surface area contributed by atoms with Crippen molar-refractivity contribution in [2.24, 2.45) is 0 Å². The summed E-state index contributed by atoms with van der Waals surface area (Å²) in [5.74, 6) is -0.320. The average Bonchev–Trinajstić information content (AvgIpc) is 2.33. The van der Waals surface area contributed by atoms with E-state index >= 15 is 0 Å². The summed E-state index contributed by atoms with van der Waals surface area (Å²) in [6, 6.07) is -0.446. The lowest BCUT2D eigenvalue weighted by molar-refractivity contribution is -0.124. The van der Waals surface area contributed by atoms with Crippen LogP contribution in [0.15, 0.2) is 25.3 Å².